The van der Waals surface area contributed by atoms with E-state index in [0.29, 0.717) is 0 Å². The Morgan fingerprint density at radius 3 is 2.31 bits per heavy atom. The number of amides is 1. The largest absolute Gasteiger partial charge is 0.390 e. The van der Waals surface area contributed by atoms with Crippen molar-refractivity contribution >= 4 is 5.91 Å². The first-order chi connectivity index (χ1) is 5.95. The number of carbonyl (C=O) groups is 1. The molecule has 5 N–H and O–H groups in total. The molecule has 0 aliphatic carbocycles. The Labute approximate surface area is 74.9 Å². The lowest BCUT2D eigenvalue weighted by Gasteiger charge is -2.37. The normalized spacial score (nSPS) is 46.0. The van der Waals surface area contributed by atoms with E-state index in [2.05, 4.69) is 0 Å². The smallest absolute Gasteiger partial charge is 0.249 e. The van der Waals surface area contributed by atoms with Crippen LogP contribution in [0.4, 0.5) is 0 Å². The molecule has 0 aromatic carbocycles. The molecule has 0 saturated carbocycles. The van der Waals surface area contributed by atoms with E-state index in [1.807, 2.05) is 0 Å². The van der Waals surface area contributed by atoms with Gasteiger partial charge in [-0.25, -0.2) is 0 Å². The average molecular weight is 191 g/mol. The zero-order chi connectivity index (χ0) is 10.2. The highest BCUT2D eigenvalue weighted by Crippen LogP contribution is 2.24. The quantitative estimate of drug-likeness (QED) is 0.367. The van der Waals surface area contributed by atoms with Crippen LogP contribution in [-0.4, -0.2) is 45.8 Å². The van der Waals surface area contributed by atoms with Gasteiger partial charge in [0.2, 0.25) is 5.91 Å². The van der Waals surface area contributed by atoms with Crippen molar-refractivity contribution in [1.29, 1.82) is 0 Å². The summed E-state index contributed by atoms with van der Waals surface area (Å²) in [5, 5.41) is 27.8. The van der Waals surface area contributed by atoms with E-state index in [-0.39, 0.29) is 0 Å². The number of aliphatic hydroxyl groups is 3. The molecule has 0 aromatic heterocycles. The van der Waals surface area contributed by atoms with Crippen LogP contribution >= 0.6 is 0 Å². The standard InChI is InChI=1S/C7H13NO5/c1-2-3(9)4(10)5(6(8)11)13-7(2)12/h2-5,7,9-10,12H,1H3,(H2,8,11)/t2?,3-,4-,5?,7+/m1/s1. The third-order valence-corrected chi connectivity index (χ3v) is 2.22. The Morgan fingerprint density at radius 2 is 1.85 bits per heavy atom. The number of carbonyl (C=O) groups excluding carboxylic acids is 1. The van der Waals surface area contributed by atoms with Crippen molar-refractivity contribution in [2.75, 3.05) is 0 Å². The van der Waals surface area contributed by atoms with Crippen LogP contribution in [0.15, 0.2) is 0 Å². The number of hydrogen-bond acceptors (Lipinski definition) is 5. The lowest BCUT2D eigenvalue weighted by Crippen LogP contribution is -2.57. The molecule has 2 unspecified atom stereocenters. The number of aliphatic hydroxyl groups excluding tert-OH is 3. The van der Waals surface area contributed by atoms with Crippen molar-refractivity contribution in [2.24, 2.45) is 11.7 Å². The van der Waals surface area contributed by atoms with Gasteiger partial charge in [0.1, 0.15) is 6.10 Å². The first-order valence-corrected chi connectivity index (χ1v) is 3.94. The van der Waals surface area contributed by atoms with Gasteiger partial charge in [-0.3, -0.25) is 4.79 Å². The molecule has 1 aliphatic heterocycles. The Balaban J connectivity index is 2.76. The number of rotatable bonds is 1. The lowest BCUT2D eigenvalue weighted by atomic mass is 9.92. The van der Waals surface area contributed by atoms with Gasteiger partial charge in [0, 0.05) is 5.92 Å². The van der Waals surface area contributed by atoms with E-state index >= 15 is 0 Å². The SMILES string of the molecule is CC1[C@@H](O)[C@@H](O)C(C(N)=O)O[C@@H]1O. The van der Waals surface area contributed by atoms with Crippen molar-refractivity contribution < 1.29 is 24.9 Å². The topological polar surface area (TPSA) is 113 Å². The van der Waals surface area contributed by atoms with Crippen molar-refractivity contribution in [3.63, 3.8) is 0 Å². The van der Waals surface area contributed by atoms with Crippen LogP contribution in [0.1, 0.15) is 6.92 Å². The fourth-order valence-corrected chi connectivity index (χ4v) is 1.25. The third-order valence-electron chi connectivity index (χ3n) is 2.22. The minimum absolute atomic E-state index is 0.648. The van der Waals surface area contributed by atoms with Gasteiger partial charge in [-0.05, 0) is 0 Å². The van der Waals surface area contributed by atoms with Gasteiger partial charge >= 0.3 is 0 Å². The highest BCUT2D eigenvalue weighted by Gasteiger charge is 2.43. The second-order valence-electron chi connectivity index (χ2n) is 3.19. The summed E-state index contributed by atoms with van der Waals surface area (Å²) in [5.41, 5.74) is 4.88. The summed E-state index contributed by atoms with van der Waals surface area (Å²) < 4.78 is 4.71. The van der Waals surface area contributed by atoms with Gasteiger partial charge in [0.05, 0.1) is 6.10 Å². The van der Waals surface area contributed by atoms with Crippen LogP contribution in [0.5, 0.6) is 0 Å². The molecule has 1 aliphatic rings. The van der Waals surface area contributed by atoms with E-state index in [9.17, 15) is 20.1 Å². The van der Waals surface area contributed by atoms with Crippen LogP contribution in [0, 0.1) is 5.92 Å². The van der Waals surface area contributed by atoms with Gasteiger partial charge in [-0.15, -0.1) is 0 Å². The summed E-state index contributed by atoms with van der Waals surface area (Å²) in [7, 11) is 0. The molecule has 0 radical (unpaired) electrons. The second kappa shape index (κ2) is 3.59. The summed E-state index contributed by atoms with van der Waals surface area (Å²) in [6.07, 6.45) is -5.21. The van der Waals surface area contributed by atoms with Crippen LogP contribution in [-0.2, 0) is 9.53 Å². The second-order valence-corrected chi connectivity index (χ2v) is 3.19. The number of primary amides is 1. The van der Waals surface area contributed by atoms with Crippen molar-refractivity contribution in [3.8, 4) is 0 Å². The lowest BCUT2D eigenvalue weighted by molar-refractivity contribution is -0.253. The van der Waals surface area contributed by atoms with Gasteiger partial charge < -0.3 is 25.8 Å². The minimum atomic E-state index is -1.38. The molecule has 1 heterocycles. The summed E-state index contributed by atoms with van der Waals surface area (Å²) in [6, 6.07) is 0. The molecule has 1 fully saturated rings. The van der Waals surface area contributed by atoms with E-state index in [4.69, 9.17) is 10.5 Å². The Hall–Kier alpha value is -0.690. The number of ether oxygens (including phenoxy) is 1. The fraction of sp³-hybridized carbons (Fsp3) is 0.857. The maximum Gasteiger partial charge on any atom is 0.249 e. The predicted octanol–water partition coefficient (Wildman–Crippen LogP) is -2.45. The monoisotopic (exact) mass is 191 g/mol. The van der Waals surface area contributed by atoms with E-state index in [1.165, 1.54) is 6.92 Å². The van der Waals surface area contributed by atoms with Gasteiger partial charge in [-0.2, -0.15) is 0 Å². The molecule has 0 spiro atoms. The molecular weight excluding hydrogens is 178 g/mol. The van der Waals surface area contributed by atoms with Crippen molar-refractivity contribution in [3.05, 3.63) is 0 Å². The molecule has 76 valence electrons. The molecule has 5 atom stereocenters. The zero-order valence-corrected chi connectivity index (χ0v) is 7.12. The van der Waals surface area contributed by atoms with Crippen LogP contribution in [0.2, 0.25) is 0 Å². The molecule has 1 saturated heterocycles. The minimum Gasteiger partial charge on any atom is -0.390 e. The molecule has 13 heavy (non-hydrogen) atoms. The van der Waals surface area contributed by atoms with E-state index < -0.39 is 36.4 Å². The summed E-state index contributed by atoms with van der Waals surface area (Å²) >= 11 is 0. The first-order valence-electron chi connectivity index (χ1n) is 3.94. The molecule has 1 rings (SSSR count). The Morgan fingerprint density at radius 1 is 1.31 bits per heavy atom. The number of hydrogen-bond donors (Lipinski definition) is 4. The van der Waals surface area contributed by atoms with E-state index in [1.54, 1.807) is 0 Å². The Bertz CT molecular complexity index is 209. The summed E-state index contributed by atoms with van der Waals surface area (Å²) in [4.78, 5) is 10.7. The highest BCUT2D eigenvalue weighted by atomic mass is 16.6. The summed E-state index contributed by atoms with van der Waals surface area (Å²) in [5.74, 6) is -1.55. The predicted molar refractivity (Wildman–Crippen MR) is 41.3 cm³/mol. The molecule has 0 bridgehead atoms. The average Bonchev–Trinajstić information content (AvgIpc) is 2.07. The summed E-state index contributed by atoms with van der Waals surface area (Å²) in [6.45, 7) is 1.50. The first kappa shape index (κ1) is 10.4. The zero-order valence-electron chi connectivity index (χ0n) is 7.12. The molecule has 6 nitrogen and oxygen atoms in total. The third kappa shape index (κ3) is 1.80. The molecule has 0 aromatic rings. The van der Waals surface area contributed by atoms with Crippen LogP contribution in [0.3, 0.4) is 0 Å². The van der Waals surface area contributed by atoms with Crippen LogP contribution in [0.25, 0.3) is 0 Å². The van der Waals surface area contributed by atoms with Gasteiger partial charge in [-0.1, -0.05) is 6.92 Å². The van der Waals surface area contributed by atoms with Crippen molar-refractivity contribution in [2.45, 2.75) is 31.5 Å². The highest BCUT2D eigenvalue weighted by molar-refractivity contribution is 5.79. The molecular formula is C7H13NO5. The Kier molecular flexibility index (Phi) is 2.87. The number of nitrogens with two attached hydrogens (primary N) is 1. The van der Waals surface area contributed by atoms with Crippen LogP contribution < -0.4 is 5.73 Å². The maximum absolute atomic E-state index is 10.7. The van der Waals surface area contributed by atoms with Gasteiger partial charge in [0.25, 0.3) is 0 Å². The molecule has 1 amide bonds. The van der Waals surface area contributed by atoms with Gasteiger partial charge in [0.15, 0.2) is 12.4 Å². The fourth-order valence-electron chi connectivity index (χ4n) is 1.25. The molecule has 6 heteroatoms. The van der Waals surface area contributed by atoms with Crippen molar-refractivity contribution in [1.82, 2.24) is 0 Å². The van der Waals surface area contributed by atoms with E-state index in [0.717, 1.165) is 0 Å². The maximum atomic E-state index is 10.7.